The number of hydroxylamine groups is 1. The van der Waals surface area contributed by atoms with Crippen molar-refractivity contribution in [2.24, 2.45) is 0 Å². The van der Waals surface area contributed by atoms with Gasteiger partial charge in [0.2, 0.25) is 11.8 Å². The highest BCUT2D eigenvalue weighted by Crippen LogP contribution is 2.39. The molecule has 1 aliphatic rings. The number of aliphatic hydroxyl groups excluding tert-OH is 1. The van der Waals surface area contributed by atoms with Crippen molar-refractivity contribution in [1.29, 1.82) is 0 Å². The van der Waals surface area contributed by atoms with Crippen molar-refractivity contribution in [2.45, 2.75) is 55.8 Å². The van der Waals surface area contributed by atoms with E-state index >= 15 is 0 Å². The largest absolute Gasteiger partial charge is 0.478 e. The Kier molecular flexibility index (Phi) is 10.8. The summed E-state index contributed by atoms with van der Waals surface area (Å²) >= 11 is 1.31. The molecule has 0 bridgehead atoms. The molecule has 41 heavy (non-hydrogen) atoms. The lowest BCUT2D eigenvalue weighted by molar-refractivity contribution is -0.245. The molecule has 1 aliphatic heterocycles. The predicted octanol–water partition coefficient (Wildman–Crippen LogP) is 4.22. The summed E-state index contributed by atoms with van der Waals surface area (Å²) in [5.74, 6) is -1.40. The Morgan fingerprint density at radius 3 is 2.34 bits per heavy atom. The SMILES string of the molecule is O=C(CCCC(=O)Nc1ccc([C@H]2O[C@@H](CSc3ncccc3C(=O)O)C[C@@H](c3ccc(CO)cc3)O2)cc1)NO. The number of aliphatic hydroxyl groups is 1. The van der Waals surface area contributed by atoms with E-state index in [2.05, 4.69) is 10.3 Å². The molecule has 5 N–H and O–H groups in total. The molecule has 1 fully saturated rings. The Balaban J connectivity index is 1.45. The van der Waals surface area contributed by atoms with Crippen molar-refractivity contribution in [3.05, 3.63) is 89.1 Å². The maximum absolute atomic E-state index is 12.2. The number of carboxylic acids is 1. The van der Waals surface area contributed by atoms with Gasteiger partial charge in [-0.1, -0.05) is 36.4 Å². The van der Waals surface area contributed by atoms with E-state index in [-0.39, 0.29) is 43.1 Å². The number of pyridine rings is 1. The maximum atomic E-state index is 12.2. The molecule has 0 spiro atoms. The molecule has 1 saturated heterocycles. The second kappa shape index (κ2) is 14.7. The molecule has 2 aromatic carbocycles. The molecule has 3 aromatic rings. The second-order valence-corrected chi connectivity index (χ2v) is 10.4. The Bertz CT molecular complexity index is 1340. The third kappa shape index (κ3) is 8.59. The molecule has 0 unspecified atom stereocenters. The van der Waals surface area contributed by atoms with Crippen molar-refractivity contribution < 1.29 is 39.3 Å². The number of aromatic carboxylic acids is 1. The first kappa shape index (κ1) is 30.2. The van der Waals surface area contributed by atoms with Crippen LogP contribution in [-0.4, -0.2) is 50.0 Å². The standard InChI is InChI=1S/C29H31N3O8S/c33-16-18-6-8-19(9-7-18)24-15-22(17-41-27-23(28(36)37)3-2-14-30-27)39-29(40-24)20-10-12-21(13-11-20)31-25(34)4-1-5-26(35)32-38/h2-3,6-14,22,24,29,33,38H,1,4-5,15-17H2,(H,31,34)(H,32,35)(H,36,37)/t22-,24+,29+/m1/s1. The number of thioether (sulfide) groups is 1. The highest BCUT2D eigenvalue weighted by Gasteiger charge is 2.32. The van der Waals surface area contributed by atoms with E-state index in [4.69, 9.17) is 14.7 Å². The first-order chi connectivity index (χ1) is 19.9. The van der Waals surface area contributed by atoms with Crippen LogP contribution >= 0.6 is 11.8 Å². The third-order valence-corrected chi connectivity index (χ3v) is 7.56. The lowest BCUT2D eigenvalue weighted by Crippen LogP contribution is -2.31. The van der Waals surface area contributed by atoms with E-state index in [1.807, 2.05) is 24.3 Å². The topological polar surface area (TPSA) is 167 Å². The van der Waals surface area contributed by atoms with Gasteiger partial charge < -0.3 is 25.0 Å². The molecule has 2 heterocycles. The minimum Gasteiger partial charge on any atom is -0.478 e. The first-order valence-corrected chi connectivity index (χ1v) is 14.0. The highest BCUT2D eigenvalue weighted by molar-refractivity contribution is 7.99. The van der Waals surface area contributed by atoms with Crippen LogP contribution in [0.2, 0.25) is 0 Å². The molecule has 2 amide bonds. The molecule has 12 heteroatoms. The Labute approximate surface area is 240 Å². The van der Waals surface area contributed by atoms with Gasteiger partial charge in [-0.25, -0.2) is 15.3 Å². The van der Waals surface area contributed by atoms with Crippen LogP contribution in [0.5, 0.6) is 0 Å². The number of nitrogens with zero attached hydrogens (tertiary/aromatic N) is 1. The van der Waals surface area contributed by atoms with Gasteiger partial charge in [0.1, 0.15) is 5.03 Å². The summed E-state index contributed by atoms with van der Waals surface area (Å²) in [7, 11) is 0. The molecular formula is C29H31N3O8S. The van der Waals surface area contributed by atoms with Crippen LogP contribution < -0.4 is 10.8 Å². The average Bonchev–Trinajstić information content (AvgIpc) is 3.00. The van der Waals surface area contributed by atoms with Crippen LogP contribution in [0.4, 0.5) is 5.69 Å². The number of rotatable bonds is 12. The number of ether oxygens (including phenoxy) is 2. The fraction of sp³-hybridized carbons (Fsp3) is 0.310. The van der Waals surface area contributed by atoms with Crippen molar-refractivity contribution >= 4 is 35.2 Å². The summed E-state index contributed by atoms with van der Waals surface area (Å²) < 4.78 is 12.6. The van der Waals surface area contributed by atoms with Gasteiger partial charge in [-0.15, -0.1) is 11.8 Å². The van der Waals surface area contributed by atoms with Crippen LogP contribution in [0.1, 0.15) is 65.1 Å². The molecule has 11 nitrogen and oxygen atoms in total. The van der Waals surface area contributed by atoms with E-state index in [9.17, 15) is 24.6 Å². The number of hydrogen-bond donors (Lipinski definition) is 5. The molecule has 0 radical (unpaired) electrons. The van der Waals surface area contributed by atoms with Crippen molar-refractivity contribution in [3.63, 3.8) is 0 Å². The number of carboxylic acid groups (broad SMARTS) is 1. The molecule has 3 atom stereocenters. The predicted molar refractivity (Wildman–Crippen MR) is 149 cm³/mol. The number of benzene rings is 2. The van der Waals surface area contributed by atoms with E-state index < -0.39 is 18.2 Å². The van der Waals surface area contributed by atoms with Crippen LogP contribution in [-0.2, 0) is 25.7 Å². The molecule has 1 aromatic heterocycles. The Hall–Kier alpha value is -3.81. The zero-order chi connectivity index (χ0) is 29.2. The van der Waals surface area contributed by atoms with Gasteiger partial charge in [0.15, 0.2) is 6.29 Å². The lowest BCUT2D eigenvalue weighted by Gasteiger charge is -2.36. The van der Waals surface area contributed by atoms with Crippen molar-refractivity contribution in [1.82, 2.24) is 10.5 Å². The molecule has 0 aliphatic carbocycles. The van der Waals surface area contributed by atoms with Gasteiger partial charge in [-0.2, -0.15) is 0 Å². The number of hydrogen-bond acceptors (Lipinski definition) is 9. The number of carbonyl (C=O) groups excluding carboxylic acids is 2. The number of anilines is 1. The van der Waals surface area contributed by atoms with Crippen LogP contribution in [0.15, 0.2) is 71.9 Å². The molecule has 216 valence electrons. The van der Waals surface area contributed by atoms with Gasteiger partial charge in [-0.3, -0.25) is 14.8 Å². The van der Waals surface area contributed by atoms with E-state index in [1.165, 1.54) is 23.3 Å². The van der Waals surface area contributed by atoms with Gasteiger partial charge in [0.05, 0.1) is 24.4 Å². The average molecular weight is 582 g/mol. The van der Waals surface area contributed by atoms with Gasteiger partial charge in [0, 0.05) is 42.5 Å². The molecular weight excluding hydrogens is 550 g/mol. The summed E-state index contributed by atoms with van der Waals surface area (Å²) in [5.41, 5.74) is 4.69. The fourth-order valence-electron chi connectivity index (χ4n) is 4.28. The normalized spacial score (nSPS) is 18.4. The highest BCUT2D eigenvalue weighted by atomic mass is 32.2. The van der Waals surface area contributed by atoms with Crippen molar-refractivity contribution in [3.8, 4) is 0 Å². The van der Waals surface area contributed by atoms with Gasteiger partial charge in [-0.05, 0) is 41.8 Å². The third-order valence-electron chi connectivity index (χ3n) is 6.42. The number of amides is 2. The summed E-state index contributed by atoms with van der Waals surface area (Å²) in [6.45, 7) is -0.0618. The zero-order valence-corrected chi connectivity index (χ0v) is 22.9. The summed E-state index contributed by atoms with van der Waals surface area (Å²) in [4.78, 5) is 39.1. The Morgan fingerprint density at radius 2 is 1.66 bits per heavy atom. The monoisotopic (exact) mass is 581 g/mol. The number of nitrogens with one attached hydrogen (secondary N) is 2. The van der Waals surface area contributed by atoms with E-state index in [1.54, 1.807) is 36.5 Å². The Morgan fingerprint density at radius 1 is 0.951 bits per heavy atom. The fourth-order valence-corrected chi connectivity index (χ4v) is 5.28. The quantitative estimate of drug-likeness (QED) is 0.119. The van der Waals surface area contributed by atoms with Gasteiger partial charge >= 0.3 is 5.97 Å². The summed E-state index contributed by atoms with van der Waals surface area (Å²) in [6, 6.07) is 17.7. The maximum Gasteiger partial charge on any atom is 0.338 e. The van der Waals surface area contributed by atoms with Crippen LogP contribution in [0, 0.1) is 0 Å². The minimum absolute atomic E-state index is 0.0422. The second-order valence-electron chi connectivity index (χ2n) is 9.38. The summed E-state index contributed by atoms with van der Waals surface area (Å²) in [6.07, 6.45) is 1.22. The van der Waals surface area contributed by atoms with Crippen LogP contribution in [0.25, 0.3) is 0 Å². The lowest BCUT2D eigenvalue weighted by atomic mass is 10.0. The number of carbonyl (C=O) groups is 3. The van der Waals surface area contributed by atoms with Crippen LogP contribution in [0.3, 0.4) is 0 Å². The van der Waals surface area contributed by atoms with Gasteiger partial charge in [0.25, 0.3) is 0 Å². The molecule has 0 saturated carbocycles. The van der Waals surface area contributed by atoms with E-state index in [0.29, 0.717) is 29.3 Å². The summed E-state index contributed by atoms with van der Waals surface area (Å²) in [5, 5.41) is 30.6. The first-order valence-electron chi connectivity index (χ1n) is 13.0. The number of aromatic nitrogens is 1. The smallest absolute Gasteiger partial charge is 0.338 e. The van der Waals surface area contributed by atoms with Crippen molar-refractivity contribution in [2.75, 3.05) is 11.1 Å². The molecule has 4 rings (SSSR count). The van der Waals surface area contributed by atoms with E-state index in [0.717, 1.165) is 16.7 Å². The zero-order valence-electron chi connectivity index (χ0n) is 22.1. The minimum atomic E-state index is -1.05.